The van der Waals surface area contributed by atoms with Crippen LogP contribution in [-0.2, 0) is 23.9 Å². The van der Waals surface area contributed by atoms with Gasteiger partial charge in [0.05, 0.1) is 7.11 Å². The third kappa shape index (κ3) is 7.48. The second-order valence-electron chi connectivity index (χ2n) is 7.04. The number of esters is 2. The lowest BCUT2D eigenvalue weighted by Crippen LogP contribution is -2.45. The van der Waals surface area contributed by atoms with Gasteiger partial charge in [-0.15, -0.1) is 0 Å². The van der Waals surface area contributed by atoms with E-state index in [1.807, 2.05) is 0 Å². The fraction of sp³-hybridized carbons (Fsp3) is 0.824. The van der Waals surface area contributed by atoms with Crippen molar-refractivity contribution in [3.8, 4) is 0 Å². The van der Waals surface area contributed by atoms with Gasteiger partial charge in [-0.25, -0.2) is 4.79 Å². The fourth-order valence-electron chi connectivity index (χ4n) is 2.70. The van der Waals surface area contributed by atoms with Gasteiger partial charge in [-0.05, 0) is 40.0 Å². The van der Waals surface area contributed by atoms with Crippen LogP contribution >= 0.6 is 0 Å². The Bertz CT molecular complexity index is 421. The van der Waals surface area contributed by atoms with Crippen molar-refractivity contribution in [3.63, 3.8) is 0 Å². The van der Waals surface area contributed by atoms with Crippen LogP contribution in [0.1, 0.15) is 65.7 Å². The van der Waals surface area contributed by atoms with E-state index in [1.54, 1.807) is 20.8 Å². The number of hydrogen-bond donors (Lipinski definition) is 1. The highest BCUT2D eigenvalue weighted by Gasteiger charge is 2.28. The summed E-state index contributed by atoms with van der Waals surface area (Å²) in [6, 6.07) is -0.804. The number of methoxy groups -OCH3 is 1. The summed E-state index contributed by atoms with van der Waals surface area (Å²) in [6.45, 7) is 5.36. The number of amides is 1. The highest BCUT2D eigenvalue weighted by Crippen LogP contribution is 2.24. The number of nitrogens with one attached hydrogen (secondary N) is 1. The second-order valence-corrected chi connectivity index (χ2v) is 7.04. The van der Waals surface area contributed by atoms with Crippen molar-refractivity contribution in [2.45, 2.75) is 77.4 Å². The molecule has 0 heterocycles. The van der Waals surface area contributed by atoms with Crippen LogP contribution in [0, 0.1) is 5.92 Å². The minimum Gasteiger partial charge on any atom is -0.467 e. The average Bonchev–Trinajstić information content (AvgIpc) is 2.49. The van der Waals surface area contributed by atoms with Crippen LogP contribution in [0.15, 0.2) is 0 Å². The normalized spacial score (nSPS) is 17.2. The molecule has 1 rings (SSSR count). The van der Waals surface area contributed by atoms with Gasteiger partial charge in [0.1, 0.15) is 11.6 Å². The molecule has 1 fully saturated rings. The molecule has 1 aliphatic carbocycles. The van der Waals surface area contributed by atoms with Crippen molar-refractivity contribution in [1.82, 2.24) is 5.32 Å². The quantitative estimate of drug-likeness (QED) is 0.757. The van der Waals surface area contributed by atoms with Crippen molar-refractivity contribution in [3.05, 3.63) is 0 Å². The monoisotopic (exact) mass is 327 g/mol. The van der Waals surface area contributed by atoms with Crippen molar-refractivity contribution < 1.29 is 23.9 Å². The molecule has 0 bridgehead atoms. The first-order valence-corrected chi connectivity index (χ1v) is 8.33. The van der Waals surface area contributed by atoms with E-state index in [0.29, 0.717) is 0 Å². The van der Waals surface area contributed by atoms with Crippen molar-refractivity contribution in [2.75, 3.05) is 7.11 Å². The summed E-state index contributed by atoms with van der Waals surface area (Å²) < 4.78 is 9.95. The lowest BCUT2D eigenvalue weighted by molar-refractivity contribution is -0.155. The van der Waals surface area contributed by atoms with Crippen molar-refractivity contribution in [2.24, 2.45) is 5.92 Å². The third-order valence-electron chi connectivity index (χ3n) is 3.84. The fourth-order valence-corrected chi connectivity index (χ4v) is 2.70. The smallest absolute Gasteiger partial charge is 0.328 e. The molecule has 0 aliphatic heterocycles. The van der Waals surface area contributed by atoms with E-state index in [2.05, 4.69) is 5.32 Å². The van der Waals surface area contributed by atoms with Crippen LogP contribution in [0.4, 0.5) is 0 Å². The Balaban J connectivity index is 2.53. The topological polar surface area (TPSA) is 81.7 Å². The Labute approximate surface area is 138 Å². The Morgan fingerprint density at radius 1 is 1.13 bits per heavy atom. The summed E-state index contributed by atoms with van der Waals surface area (Å²) in [6.07, 6.45) is 5.18. The van der Waals surface area contributed by atoms with Crippen LogP contribution < -0.4 is 5.32 Å². The van der Waals surface area contributed by atoms with Gasteiger partial charge in [-0.1, -0.05) is 19.3 Å². The van der Waals surface area contributed by atoms with Crippen LogP contribution in [-0.4, -0.2) is 36.6 Å². The molecule has 0 aromatic heterocycles. The maximum Gasteiger partial charge on any atom is 0.328 e. The first-order valence-electron chi connectivity index (χ1n) is 8.33. The van der Waals surface area contributed by atoms with Crippen LogP contribution in [0.5, 0.6) is 0 Å². The maximum atomic E-state index is 12.3. The zero-order valence-corrected chi connectivity index (χ0v) is 14.6. The maximum absolute atomic E-state index is 12.3. The second kappa shape index (κ2) is 8.89. The summed E-state index contributed by atoms with van der Waals surface area (Å²) in [5.74, 6) is -1.09. The molecule has 0 radical (unpaired) electrons. The zero-order chi connectivity index (χ0) is 17.5. The first-order chi connectivity index (χ1) is 10.7. The lowest BCUT2D eigenvalue weighted by Gasteiger charge is -2.24. The molecule has 23 heavy (non-hydrogen) atoms. The van der Waals surface area contributed by atoms with E-state index in [9.17, 15) is 14.4 Å². The molecule has 1 saturated carbocycles. The molecule has 1 amide bonds. The molecule has 1 N–H and O–H groups in total. The van der Waals surface area contributed by atoms with E-state index < -0.39 is 23.6 Å². The molecular formula is C17H29NO5. The molecule has 0 unspecified atom stereocenters. The summed E-state index contributed by atoms with van der Waals surface area (Å²) >= 11 is 0. The van der Waals surface area contributed by atoms with Gasteiger partial charge < -0.3 is 14.8 Å². The molecule has 1 aliphatic rings. The standard InChI is InChI=1S/C17H29NO5/c1-17(2,3)23-14(19)11-10-13(16(21)22-4)18-15(20)12-8-6-5-7-9-12/h12-13H,5-11H2,1-4H3,(H,18,20)/t13-/m0/s1. The first kappa shape index (κ1) is 19.5. The van der Waals surface area contributed by atoms with Gasteiger partial charge >= 0.3 is 11.9 Å². The Morgan fingerprint density at radius 2 is 1.74 bits per heavy atom. The average molecular weight is 327 g/mol. The molecule has 0 saturated heterocycles. The Hall–Kier alpha value is -1.59. The molecule has 0 aromatic carbocycles. The third-order valence-corrected chi connectivity index (χ3v) is 3.84. The van der Waals surface area contributed by atoms with Gasteiger partial charge in [-0.2, -0.15) is 0 Å². The Morgan fingerprint density at radius 3 is 2.26 bits per heavy atom. The van der Waals surface area contributed by atoms with E-state index in [1.165, 1.54) is 7.11 Å². The van der Waals surface area contributed by atoms with Gasteiger partial charge in [0.2, 0.25) is 5.91 Å². The van der Waals surface area contributed by atoms with Crippen molar-refractivity contribution >= 4 is 17.8 Å². The minimum atomic E-state index is -0.804. The molecule has 6 nitrogen and oxygen atoms in total. The number of carbonyl (C=O) groups is 3. The van der Waals surface area contributed by atoms with Crippen LogP contribution in [0.3, 0.4) is 0 Å². The predicted octanol–water partition coefficient (Wildman–Crippen LogP) is 2.35. The minimum absolute atomic E-state index is 0.0440. The zero-order valence-electron chi connectivity index (χ0n) is 14.6. The van der Waals surface area contributed by atoms with E-state index in [0.717, 1.165) is 32.1 Å². The number of carbonyl (C=O) groups excluding carboxylic acids is 3. The molecule has 0 spiro atoms. The summed E-state index contributed by atoms with van der Waals surface area (Å²) in [4.78, 5) is 35.9. The van der Waals surface area contributed by atoms with E-state index >= 15 is 0 Å². The summed E-state index contributed by atoms with van der Waals surface area (Å²) in [7, 11) is 1.27. The highest BCUT2D eigenvalue weighted by molar-refractivity contribution is 5.86. The number of hydrogen-bond acceptors (Lipinski definition) is 5. The predicted molar refractivity (Wildman–Crippen MR) is 85.6 cm³/mol. The molecule has 6 heteroatoms. The summed E-state index contributed by atoms with van der Waals surface area (Å²) in [5, 5.41) is 2.73. The Kier molecular flexibility index (Phi) is 7.52. The van der Waals surface area contributed by atoms with Gasteiger partial charge in [-0.3, -0.25) is 9.59 Å². The van der Waals surface area contributed by atoms with Crippen LogP contribution in [0.25, 0.3) is 0 Å². The largest absolute Gasteiger partial charge is 0.467 e. The lowest BCUT2D eigenvalue weighted by atomic mass is 9.88. The molecule has 132 valence electrons. The number of ether oxygens (including phenoxy) is 2. The van der Waals surface area contributed by atoms with E-state index in [-0.39, 0.29) is 24.7 Å². The van der Waals surface area contributed by atoms with Gasteiger partial charge in [0.15, 0.2) is 0 Å². The van der Waals surface area contributed by atoms with E-state index in [4.69, 9.17) is 9.47 Å². The number of rotatable bonds is 6. The SMILES string of the molecule is COC(=O)[C@H](CCC(=O)OC(C)(C)C)NC(=O)C1CCCCC1. The molecule has 0 aromatic rings. The molecular weight excluding hydrogens is 298 g/mol. The van der Waals surface area contributed by atoms with Crippen molar-refractivity contribution in [1.29, 1.82) is 0 Å². The molecule has 1 atom stereocenters. The summed E-state index contributed by atoms with van der Waals surface area (Å²) in [5.41, 5.74) is -0.566. The van der Waals surface area contributed by atoms with Gasteiger partial charge in [0.25, 0.3) is 0 Å². The van der Waals surface area contributed by atoms with Gasteiger partial charge in [0, 0.05) is 12.3 Å². The highest BCUT2D eigenvalue weighted by atomic mass is 16.6. The van der Waals surface area contributed by atoms with Crippen LogP contribution in [0.2, 0.25) is 0 Å².